The number of nitrogens with zero attached hydrogens (tertiary/aromatic N) is 3. The minimum Gasteiger partial charge on any atom is -0.444 e. The highest BCUT2D eigenvalue weighted by atomic mass is 32.2. The maximum absolute atomic E-state index is 12.9. The van der Waals surface area contributed by atoms with Crippen molar-refractivity contribution in [1.29, 1.82) is 0 Å². The number of carbonyl (C=O) groups is 1. The van der Waals surface area contributed by atoms with Crippen LogP contribution in [0.4, 0.5) is 10.5 Å². The summed E-state index contributed by atoms with van der Waals surface area (Å²) in [4.78, 5) is 29.0. The predicted molar refractivity (Wildman–Crippen MR) is 108 cm³/mol. The first-order valence-electron chi connectivity index (χ1n) is 9.07. The van der Waals surface area contributed by atoms with Crippen LogP contribution < -0.4 is 0 Å². The molecule has 1 aromatic carbocycles. The van der Waals surface area contributed by atoms with Gasteiger partial charge in [0, 0.05) is 24.7 Å². The van der Waals surface area contributed by atoms with Gasteiger partial charge in [-0.25, -0.2) is 9.78 Å². The van der Waals surface area contributed by atoms with Gasteiger partial charge in [-0.1, -0.05) is 0 Å². The van der Waals surface area contributed by atoms with Crippen molar-refractivity contribution in [3.05, 3.63) is 28.3 Å². The summed E-state index contributed by atoms with van der Waals surface area (Å²) in [6, 6.07) is 4.25. The molecule has 0 unspecified atom stereocenters. The van der Waals surface area contributed by atoms with E-state index in [4.69, 9.17) is 4.74 Å². The molecule has 8 nitrogen and oxygen atoms in total. The molecule has 0 radical (unpaired) electrons. The van der Waals surface area contributed by atoms with E-state index in [1.165, 1.54) is 23.5 Å². The zero-order valence-electron chi connectivity index (χ0n) is 16.0. The molecule has 0 aliphatic carbocycles. The van der Waals surface area contributed by atoms with Crippen molar-refractivity contribution in [1.82, 2.24) is 9.88 Å². The zero-order valence-corrected chi connectivity index (χ0v) is 17.7. The summed E-state index contributed by atoms with van der Waals surface area (Å²) in [6.45, 7) is 6.05. The molecular weight excluding hydrogens is 402 g/mol. The molecule has 1 aliphatic heterocycles. The van der Waals surface area contributed by atoms with Crippen molar-refractivity contribution in [2.45, 2.75) is 56.0 Å². The van der Waals surface area contributed by atoms with Crippen LogP contribution >= 0.6 is 11.3 Å². The number of non-ortho nitro benzene ring substituents is 1. The number of likely N-dealkylation sites (tertiary alicyclic amines) is 1. The average molecular weight is 426 g/mol. The van der Waals surface area contributed by atoms with Crippen LogP contribution in [0.3, 0.4) is 0 Å². The van der Waals surface area contributed by atoms with E-state index in [1.807, 2.05) is 20.8 Å². The Hall–Kier alpha value is -2.07. The summed E-state index contributed by atoms with van der Waals surface area (Å²) >= 11 is 1.27. The van der Waals surface area contributed by atoms with Gasteiger partial charge in [-0.15, -0.1) is 11.3 Å². The summed E-state index contributed by atoms with van der Waals surface area (Å²) in [6.07, 6.45) is 2.25. The minimum atomic E-state index is -1.40. The van der Waals surface area contributed by atoms with Gasteiger partial charge in [-0.05, 0) is 46.1 Å². The number of fused-ring (bicyclic) bond motifs is 1. The normalized spacial score (nSPS) is 18.8. The van der Waals surface area contributed by atoms with Gasteiger partial charge >= 0.3 is 6.09 Å². The number of nitro benzene ring substituents is 1. The SMILES string of the molecule is CC(C)(C)OC(=O)N1CCCC[C@@H]1C[S@@](=O)c1nc2cc([N+](=O)[O-])ccc2s1. The van der Waals surface area contributed by atoms with Crippen LogP contribution in [0.2, 0.25) is 0 Å². The molecular formula is C18H23N3O5S2. The van der Waals surface area contributed by atoms with Gasteiger partial charge in [-0.3, -0.25) is 14.3 Å². The molecule has 0 saturated carbocycles. The van der Waals surface area contributed by atoms with Crippen LogP contribution in [0.1, 0.15) is 40.0 Å². The van der Waals surface area contributed by atoms with E-state index in [9.17, 15) is 19.1 Å². The van der Waals surface area contributed by atoms with E-state index in [2.05, 4.69) is 4.98 Å². The Bertz CT molecular complexity index is 922. The Morgan fingerprint density at radius 1 is 1.43 bits per heavy atom. The summed E-state index contributed by atoms with van der Waals surface area (Å²) < 4.78 is 19.6. The lowest BCUT2D eigenvalue weighted by molar-refractivity contribution is -0.384. The molecule has 1 amide bonds. The lowest BCUT2D eigenvalue weighted by atomic mass is 10.0. The number of ether oxygens (including phenoxy) is 1. The number of hydrogen-bond acceptors (Lipinski definition) is 7. The first kappa shape index (κ1) is 20.7. The Morgan fingerprint density at radius 2 is 2.18 bits per heavy atom. The van der Waals surface area contributed by atoms with E-state index >= 15 is 0 Å². The van der Waals surface area contributed by atoms with Crippen LogP contribution in [0, 0.1) is 10.1 Å². The largest absolute Gasteiger partial charge is 0.444 e. The number of piperidine rings is 1. The molecule has 1 aromatic heterocycles. The monoisotopic (exact) mass is 425 g/mol. The first-order chi connectivity index (χ1) is 13.1. The maximum Gasteiger partial charge on any atom is 0.410 e. The Balaban J connectivity index is 1.75. The number of hydrogen-bond donors (Lipinski definition) is 0. The maximum atomic E-state index is 12.9. The lowest BCUT2D eigenvalue weighted by Crippen LogP contribution is -2.48. The number of rotatable bonds is 4. The first-order valence-corrected chi connectivity index (χ1v) is 11.2. The van der Waals surface area contributed by atoms with Crippen molar-refractivity contribution in [3.63, 3.8) is 0 Å². The fraction of sp³-hybridized carbons (Fsp3) is 0.556. The van der Waals surface area contributed by atoms with Crippen LogP contribution in [-0.2, 0) is 15.5 Å². The van der Waals surface area contributed by atoms with Gasteiger partial charge in [0.25, 0.3) is 5.69 Å². The molecule has 1 aliphatic rings. The van der Waals surface area contributed by atoms with Crippen molar-refractivity contribution >= 4 is 44.1 Å². The standard InChI is InChI=1S/C18H23N3O5S2/c1-18(2,3)26-17(22)20-9-5-4-6-13(20)11-28(25)16-19-14-10-12(21(23)24)7-8-15(14)27-16/h7-8,10,13H,4-6,9,11H2,1-3H3/t13-,28-/m1/s1. The molecule has 0 spiro atoms. The number of amides is 1. The summed E-state index contributed by atoms with van der Waals surface area (Å²) in [5.74, 6) is 0.279. The van der Waals surface area contributed by atoms with Crippen LogP contribution in [-0.4, -0.2) is 49.0 Å². The van der Waals surface area contributed by atoms with Gasteiger partial charge in [0.15, 0.2) is 4.34 Å². The Morgan fingerprint density at radius 3 is 2.86 bits per heavy atom. The van der Waals surface area contributed by atoms with E-state index in [0.717, 1.165) is 24.0 Å². The summed E-state index contributed by atoms with van der Waals surface area (Å²) in [5, 5.41) is 10.9. The number of benzene rings is 1. The number of thiazole rings is 1. The molecule has 2 heterocycles. The third-order valence-electron chi connectivity index (χ3n) is 4.36. The van der Waals surface area contributed by atoms with E-state index in [-0.39, 0.29) is 23.6 Å². The highest BCUT2D eigenvalue weighted by Crippen LogP contribution is 2.29. The highest BCUT2D eigenvalue weighted by Gasteiger charge is 2.32. The number of carbonyl (C=O) groups excluding carboxylic acids is 1. The molecule has 152 valence electrons. The van der Waals surface area contributed by atoms with E-state index in [0.29, 0.717) is 16.4 Å². The second kappa shape index (κ2) is 8.12. The molecule has 1 fully saturated rings. The summed E-state index contributed by atoms with van der Waals surface area (Å²) in [5.41, 5.74) is -0.159. The molecule has 2 atom stereocenters. The molecule has 3 rings (SSSR count). The fourth-order valence-electron chi connectivity index (χ4n) is 3.09. The quantitative estimate of drug-likeness (QED) is 0.540. The van der Waals surface area contributed by atoms with Crippen LogP contribution in [0.25, 0.3) is 10.2 Å². The lowest BCUT2D eigenvalue weighted by Gasteiger charge is -2.36. The van der Waals surface area contributed by atoms with Crippen molar-refractivity contribution in [3.8, 4) is 0 Å². The number of aromatic nitrogens is 1. The molecule has 10 heteroatoms. The van der Waals surface area contributed by atoms with Gasteiger partial charge in [0.1, 0.15) is 5.60 Å². The Labute approximate surface area is 169 Å². The van der Waals surface area contributed by atoms with Gasteiger partial charge in [0.2, 0.25) is 0 Å². The van der Waals surface area contributed by atoms with Crippen LogP contribution in [0.5, 0.6) is 0 Å². The van der Waals surface area contributed by atoms with E-state index < -0.39 is 21.3 Å². The van der Waals surface area contributed by atoms with Crippen molar-refractivity contribution < 1.29 is 18.7 Å². The third-order valence-corrected chi connectivity index (χ3v) is 7.16. The fourth-order valence-corrected chi connectivity index (χ4v) is 5.65. The van der Waals surface area contributed by atoms with Crippen LogP contribution in [0.15, 0.2) is 22.5 Å². The van der Waals surface area contributed by atoms with Crippen molar-refractivity contribution in [2.24, 2.45) is 0 Å². The molecule has 0 bridgehead atoms. The molecule has 0 N–H and O–H groups in total. The molecule has 1 saturated heterocycles. The highest BCUT2D eigenvalue weighted by molar-refractivity contribution is 7.87. The smallest absolute Gasteiger partial charge is 0.410 e. The topological polar surface area (TPSA) is 103 Å². The zero-order chi connectivity index (χ0) is 20.5. The van der Waals surface area contributed by atoms with Gasteiger partial charge in [-0.2, -0.15) is 0 Å². The minimum absolute atomic E-state index is 0.0430. The third kappa shape index (κ3) is 4.85. The second-order valence-corrected chi connectivity index (χ2v) is 10.4. The van der Waals surface area contributed by atoms with Gasteiger partial charge < -0.3 is 9.64 Å². The molecule has 2 aromatic rings. The van der Waals surface area contributed by atoms with Crippen molar-refractivity contribution in [2.75, 3.05) is 12.3 Å². The molecule has 28 heavy (non-hydrogen) atoms. The number of nitro groups is 1. The van der Waals surface area contributed by atoms with Gasteiger partial charge in [0.05, 0.1) is 31.7 Å². The Kier molecular flexibility index (Phi) is 5.99. The average Bonchev–Trinajstić information content (AvgIpc) is 3.04. The second-order valence-electron chi connectivity index (χ2n) is 7.72. The summed E-state index contributed by atoms with van der Waals surface area (Å²) in [7, 11) is -1.40. The van der Waals surface area contributed by atoms with E-state index in [1.54, 1.807) is 11.0 Å². The predicted octanol–water partition coefficient (Wildman–Crippen LogP) is 4.10.